The van der Waals surface area contributed by atoms with Crippen LogP contribution in [0.15, 0.2) is 18.2 Å². The highest BCUT2D eigenvalue weighted by atomic mass is 19.4. The summed E-state index contributed by atoms with van der Waals surface area (Å²) in [6.45, 7) is 2.95. The Kier molecular flexibility index (Phi) is 4.40. The van der Waals surface area contributed by atoms with Crippen molar-refractivity contribution in [3.8, 4) is 5.75 Å². The van der Waals surface area contributed by atoms with E-state index in [4.69, 9.17) is 4.74 Å². The SMILES string of the molecule is Cc1ccc(OCCC(F)(F)F)c([C@H](C)O)c1. The summed E-state index contributed by atoms with van der Waals surface area (Å²) < 4.78 is 40.9. The molecule has 0 spiro atoms. The number of benzene rings is 1. The lowest BCUT2D eigenvalue weighted by molar-refractivity contribution is -0.139. The van der Waals surface area contributed by atoms with E-state index in [0.717, 1.165) is 5.56 Å². The first-order valence-electron chi connectivity index (χ1n) is 5.28. The van der Waals surface area contributed by atoms with Crippen molar-refractivity contribution in [2.24, 2.45) is 0 Å². The number of alkyl halides is 3. The Morgan fingerprint density at radius 1 is 1.35 bits per heavy atom. The van der Waals surface area contributed by atoms with Crippen molar-refractivity contribution in [2.75, 3.05) is 6.61 Å². The summed E-state index contributed by atoms with van der Waals surface area (Å²) in [6, 6.07) is 5.01. The van der Waals surface area contributed by atoms with E-state index in [9.17, 15) is 18.3 Å². The largest absolute Gasteiger partial charge is 0.493 e. The molecule has 17 heavy (non-hydrogen) atoms. The highest BCUT2D eigenvalue weighted by Crippen LogP contribution is 2.27. The molecule has 0 fully saturated rings. The molecule has 0 radical (unpaired) electrons. The maximum absolute atomic E-state index is 12.0. The predicted molar refractivity (Wildman–Crippen MR) is 58.0 cm³/mol. The second-order valence-corrected chi connectivity index (χ2v) is 3.93. The maximum atomic E-state index is 12.0. The van der Waals surface area contributed by atoms with E-state index in [1.54, 1.807) is 25.1 Å². The number of rotatable bonds is 4. The van der Waals surface area contributed by atoms with Crippen molar-refractivity contribution < 1.29 is 23.0 Å². The molecule has 2 nitrogen and oxygen atoms in total. The molecule has 0 saturated heterocycles. The van der Waals surface area contributed by atoms with Crippen LogP contribution in [0.2, 0.25) is 0 Å². The third kappa shape index (κ3) is 4.65. The summed E-state index contributed by atoms with van der Waals surface area (Å²) in [7, 11) is 0. The van der Waals surface area contributed by atoms with Gasteiger partial charge in [-0.2, -0.15) is 13.2 Å². The van der Waals surface area contributed by atoms with Gasteiger partial charge in [-0.3, -0.25) is 0 Å². The molecule has 5 heteroatoms. The number of aryl methyl sites for hydroxylation is 1. The van der Waals surface area contributed by atoms with Gasteiger partial charge in [-0.25, -0.2) is 0 Å². The summed E-state index contributed by atoms with van der Waals surface area (Å²) in [5, 5.41) is 9.49. The van der Waals surface area contributed by atoms with E-state index in [0.29, 0.717) is 11.3 Å². The van der Waals surface area contributed by atoms with E-state index in [1.165, 1.54) is 0 Å². The normalized spacial score (nSPS) is 13.5. The molecule has 0 aliphatic rings. The minimum atomic E-state index is -4.23. The lowest BCUT2D eigenvalue weighted by atomic mass is 10.1. The molecule has 0 heterocycles. The second-order valence-electron chi connectivity index (χ2n) is 3.93. The summed E-state index contributed by atoms with van der Waals surface area (Å²) >= 11 is 0. The molecule has 0 amide bonds. The molecule has 1 N–H and O–H groups in total. The Labute approximate surface area is 98.0 Å². The van der Waals surface area contributed by atoms with Crippen LogP contribution in [0, 0.1) is 6.92 Å². The summed E-state index contributed by atoms with van der Waals surface area (Å²) in [5.41, 5.74) is 1.43. The highest BCUT2D eigenvalue weighted by Gasteiger charge is 2.27. The molecule has 0 aliphatic carbocycles. The fourth-order valence-corrected chi connectivity index (χ4v) is 1.40. The van der Waals surface area contributed by atoms with Gasteiger partial charge in [-0.15, -0.1) is 0 Å². The van der Waals surface area contributed by atoms with Gasteiger partial charge in [0.05, 0.1) is 19.1 Å². The van der Waals surface area contributed by atoms with Crippen LogP contribution in [0.4, 0.5) is 13.2 Å². The predicted octanol–water partition coefficient (Wildman–Crippen LogP) is 3.38. The van der Waals surface area contributed by atoms with Crippen LogP contribution in [-0.4, -0.2) is 17.9 Å². The first-order chi connectivity index (χ1) is 7.79. The highest BCUT2D eigenvalue weighted by molar-refractivity contribution is 5.38. The zero-order valence-corrected chi connectivity index (χ0v) is 9.71. The Morgan fingerprint density at radius 2 is 2.00 bits per heavy atom. The van der Waals surface area contributed by atoms with Gasteiger partial charge in [0.25, 0.3) is 0 Å². The first-order valence-corrected chi connectivity index (χ1v) is 5.28. The minimum Gasteiger partial charge on any atom is -0.493 e. The van der Waals surface area contributed by atoms with E-state index < -0.39 is 25.3 Å². The smallest absolute Gasteiger partial charge is 0.392 e. The third-order valence-electron chi connectivity index (χ3n) is 2.26. The molecule has 96 valence electrons. The summed E-state index contributed by atoms with van der Waals surface area (Å²) in [5.74, 6) is 0.301. The van der Waals surface area contributed by atoms with E-state index in [2.05, 4.69) is 0 Å². The van der Waals surface area contributed by atoms with Gasteiger partial charge in [0.15, 0.2) is 0 Å². The standard InChI is InChI=1S/C12H15F3O2/c1-8-3-4-11(10(7-8)9(2)16)17-6-5-12(13,14)15/h3-4,7,9,16H,5-6H2,1-2H3/t9-/m0/s1. The molecule has 0 bridgehead atoms. The van der Waals surface area contributed by atoms with Gasteiger partial charge < -0.3 is 9.84 Å². The monoisotopic (exact) mass is 248 g/mol. The molecule has 1 atom stereocenters. The topological polar surface area (TPSA) is 29.5 Å². The van der Waals surface area contributed by atoms with E-state index >= 15 is 0 Å². The van der Waals surface area contributed by atoms with Crippen LogP contribution < -0.4 is 4.74 Å². The van der Waals surface area contributed by atoms with Crippen LogP contribution in [0.1, 0.15) is 30.6 Å². The average molecular weight is 248 g/mol. The molecule has 0 saturated carbocycles. The van der Waals surface area contributed by atoms with Crippen molar-refractivity contribution in [3.05, 3.63) is 29.3 Å². The van der Waals surface area contributed by atoms with Crippen LogP contribution in [0.25, 0.3) is 0 Å². The van der Waals surface area contributed by atoms with E-state index in [-0.39, 0.29) is 0 Å². The maximum Gasteiger partial charge on any atom is 0.392 e. The fraction of sp³-hybridized carbons (Fsp3) is 0.500. The van der Waals surface area contributed by atoms with Crippen LogP contribution in [-0.2, 0) is 0 Å². The molecule has 0 aliphatic heterocycles. The number of aliphatic hydroxyl groups excluding tert-OH is 1. The Hall–Kier alpha value is -1.23. The van der Waals surface area contributed by atoms with Gasteiger partial charge in [0.2, 0.25) is 0 Å². The number of aliphatic hydroxyl groups is 1. The van der Waals surface area contributed by atoms with Crippen molar-refractivity contribution in [1.82, 2.24) is 0 Å². The first kappa shape index (κ1) is 13.8. The number of hydrogen-bond donors (Lipinski definition) is 1. The van der Waals surface area contributed by atoms with Gasteiger partial charge >= 0.3 is 6.18 Å². The lowest BCUT2D eigenvalue weighted by Gasteiger charge is -2.14. The van der Waals surface area contributed by atoms with Crippen LogP contribution in [0.3, 0.4) is 0 Å². The van der Waals surface area contributed by atoms with Gasteiger partial charge in [0.1, 0.15) is 5.75 Å². The molecular weight excluding hydrogens is 233 g/mol. The molecular formula is C12H15F3O2. The van der Waals surface area contributed by atoms with Crippen molar-refractivity contribution in [2.45, 2.75) is 32.5 Å². The Bertz CT molecular complexity index is 373. The quantitative estimate of drug-likeness (QED) is 0.885. The Morgan fingerprint density at radius 3 is 2.53 bits per heavy atom. The fourth-order valence-electron chi connectivity index (χ4n) is 1.40. The summed E-state index contributed by atoms with van der Waals surface area (Å²) in [4.78, 5) is 0. The zero-order valence-electron chi connectivity index (χ0n) is 9.71. The van der Waals surface area contributed by atoms with Crippen molar-refractivity contribution in [3.63, 3.8) is 0 Å². The lowest BCUT2D eigenvalue weighted by Crippen LogP contribution is -2.13. The summed E-state index contributed by atoms with van der Waals surface area (Å²) in [6.07, 6.45) is -5.99. The zero-order chi connectivity index (χ0) is 13.1. The second kappa shape index (κ2) is 5.40. The third-order valence-corrected chi connectivity index (χ3v) is 2.26. The van der Waals surface area contributed by atoms with Crippen molar-refractivity contribution >= 4 is 0 Å². The van der Waals surface area contributed by atoms with Gasteiger partial charge in [-0.1, -0.05) is 11.6 Å². The molecule has 0 unspecified atom stereocenters. The van der Waals surface area contributed by atoms with E-state index in [1.807, 2.05) is 6.92 Å². The molecule has 1 rings (SSSR count). The number of hydrogen-bond acceptors (Lipinski definition) is 2. The van der Waals surface area contributed by atoms with Crippen molar-refractivity contribution in [1.29, 1.82) is 0 Å². The average Bonchev–Trinajstić information content (AvgIpc) is 2.18. The molecule has 1 aromatic rings. The minimum absolute atomic E-state index is 0.301. The van der Waals surface area contributed by atoms with Gasteiger partial charge in [-0.05, 0) is 26.0 Å². The van der Waals surface area contributed by atoms with Crippen LogP contribution in [0.5, 0.6) is 5.75 Å². The van der Waals surface area contributed by atoms with Gasteiger partial charge in [0, 0.05) is 5.56 Å². The Balaban J connectivity index is 2.70. The number of halogens is 3. The van der Waals surface area contributed by atoms with Crippen LogP contribution >= 0.6 is 0 Å². The molecule has 0 aromatic heterocycles. The molecule has 1 aromatic carbocycles. The number of ether oxygens (including phenoxy) is 1.